The molecule has 2 saturated heterocycles. The number of nitrogens with two attached hydrogens (primary N) is 1. The van der Waals surface area contributed by atoms with Gasteiger partial charge in [-0.15, -0.1) is 0 Å². The largest absolute Gasteiger partial charge is 0.405 e. The summed E-state index contributed by atoms with van der Waals surface area (Å²) in [4.78, 5) is 32.2. The number of fused-ring (bicyclic) bond motifs is 1. The third-order valence-corrected chi connectivity index (χ3v) is 14.1. The second-order valence-corrected chi connectivity index (χ2v) is 17.2. The molecule has 0 saturated carbocycles. The quantitative estimate of drug-likeness (QED) is 0.261. The van der Waals surface area contributed by atoms with E-state index in [0.29, 0.717) is 5.56 Å². The Morgan fingerprint density at radius 3 is 2.13 bits per heavy atom. The van der Waals surface area contributed by atoms with Crippen molar-refractivity contribution in [1.29, 1.82) is 0 Å². The summed E-state index contributed by atoms with van der Waals surface area (Å²) < 4.78 is 19.7. The Labute approximate surface area is 270 Å². The van der Waals surface area contributed by atoms with Crippen LogP contribution < -0.4 is 32.1 Å². The molecule has 6 rings (SSSR count). The first-order chi connectivity index (χ1) is 22.1. The molecule has 0 radical (unpaired) electrons. The van der Waals surface area contributed by atoms with Gasteiger partial charge in [0.05, 0.1) is 19.0 Å². The molecular weight excluding hydrogens is 600 g/mol. The molecule has 0 aromatic heterocycles. The number of aliphatic imine (C=N–C) groups is 1. The van der Waals surface area contributed by atoms with Crippen molar-refractivity contribution in [1.82, 2.24) is 20.9 Å². The molecule has 3 amide bonds. The number of nitrogens with one attached hydrogen (secondary N) is 3. The van der Waals surface area contributed by atoms with Crippen LogP contribution in [0.15, 0.2) is 96.0 Å². The zero-order chi connectivity index (χ0) is 32.5. The van der Waals surface area contributed by atoms with Crippen LogP contribution in [0.3, 0.4) is 0 Å². The number of methoxy groups -OCH3 is 1. The molecule has 7 atom stereocenters. The molecule has 12 heteroatoms. The maximum Gasteiger partial charge on any atom is 0.318 e. The van der Waals surface area contributed by atoms with Gasteiger partial charge >= 0.3 is 6.03 Å². The van der Waals surface area contributed by atoms with Crippen LogP contribution in [-0.2, 0) is 13.9 Å². The molecule has 0 bridgehead atoms. The number of carbonyl (C=O) groups excluding carboxylic acids is 2. The highest BCUT2D eigenvalue weighted by Crippen LogP contribution is 2.38. The van der Waals surface area contributed by atoms with Crippen molar-refractivity contribution in [2.45, 2.75) is 68.7 Å². The second-order valence-electron chi connectivity index (χ2n) is 12.9. The molecule has 5 N–H and O–H groups in total. The molecule has 46 heavy (non-hydrogen) atoms. The van der Waals surface area contributed by atoms with Crippen LogP contribution in [-0.4, -0.2) is 88.1 Å². The monoisotopic (exact) mass is 642 g/mol. The highest BCUT2D eigenvalue weighted by molar-refractivity contribution is 6.99. The van der Waals surface area contributed by atoms with Crippen molar-refractivity contribution < 1.29 is 23.5 Å². The van der Waals surface area contributed by atoms with E-state index in [1.165, 1.54) is 0 Å². The Bertz CT molecular complexity index is 1500. The number of ether oxygens (including phenoxy) is 2. The average Bonchev–Trinajstić information content (AvgIpc) is 3.62. The van der Waals surface area contributed by atoms with Crippen molar-refractivity contribution in [3.05, 3.63) is 96.6 Å². The SMILES string of the molecule is COC1[C@@H](N)[C@@H](CO[Si](c2ccccc2)(c2ccccc2)C(C)(C)C)O[C@H]1N1C=NC2C(NC(=O)c3ccccc3)NC(=O)NC21. The van der Waals surface area contributed by atoms with Crippen LogP contribution in [0.5, 0.6) is 0 Å². The van der Waals surface area contributed by atoms with Crippen molar-refractivity contribution in [3.63, 3.8) is 0 Å². The Hall–Kier alpha value is -4.07. The van der Waals surface area contributed by atoms with E-state index < -0.39 is 57.2 Å². The molecule has 11 nitrogen and oxygen atoms in total. The molecule has 2 fully saturated rings. The van der Waals surface area contributed by atoms with Gasteiger partial charge in [0.25, 0.3) is 14.2 Å². The number of hydrogen-bond donors (Lipinski definition) is 4. The van der Waals surface area contributed by atoms with Crippen LogP contribution in [0.4, 0.5) is 4.79 Å². The van der Waals surface area contributed by atoms with Crippen molar-refractivity contribution in [2.24, 2.45) is 10.7 Å². The summed E-state index contributed by atoms with van der Waals surface area (Å²) in [6, 6.07) is 28.2. The lowest BCUT2D eigenvalue weighted by Crippen LogP contribution is -2.71. The lowest BCUT2D eigenvalue weighted by Gasteiger charge is -2.43. The van der Waals surface area contributed by atoms with Gasteiger partial charge in [0.2, 0.25) is 0 Å². The van der Waals surface area contributed by atoms with Crippen LogP contribution >= 0.6 is 0 Å². The first-order valence-electron chi connectivity index (χ1n) is 15.6. The summed E-state index contributed by atoms with van der Waals surface area (Å²) in [5.74, 6) is -0.311. The van der Waals surface area contributed by atoms with E-state index in [9.17, 15) is 9.59 Å². The standard InChI is InChI=1S/C34H42N6O5Si/c1-34(2,3)46(23-16-10-6-11-17-23,24-18-12-7-13-19-24)44-20-25-26(35)28(43-4)32(45-25)40-21-36-27-29(38-33(42)39-30(27)40)37-31(41)22-14-8-5-9-15-22/h5-19,21,25-30,32H,20,35H2,1-4H3,(H,37,41)(H2,38,39,42)/t25-,26+,27?,28?,29?,30?,32-/m1/s1. The third kappa shape index (κ3) is 5.82. The molecule has 3 aromatic rings. The van der Waals surface area contributed by atoms with E-state index in [1.54, 1.807) is 37.7 Å². The van der Waals surface area contributed by atoms with E-state index in [-0.39, 0.29) is 17.6 Å². The van der Waals surface area contributed by atoms with Crippen molar-refractivity contribution in [2.75, 3.05) is 13.7 Å². The topological polar surface area (TPSA) is 140 Å². The molecule has 3 aliphatic rings. The minimum atomic E-state index is -2.84. The number of benzene rings is 3. The van der Waals surface area contributed by atoms with Gasteiger partial charge in [0.15, 0.2) is 6.23 Å². The predicted octanol–water partition coefficient (Wildman–Crippen LogP) is 1.74. The maximum atomic E-state index is 12.9. The molecule has 3 heterocycles. The van der Waals surface area contributed by atoms with Gasteiger partial charge in [-0.1, -0.05) is 99.6 Å². The van der Waals surface area contributed by atoms with Gasteiger partial charge in [0.1, 0.15) is 30.6 Å². The number of urea groups is 1. The summed E-state index contributed by atoms with van der Waals surface area (Å²) in [5, 5.41) is 10.7. The zero-order valence-electron chi connectivity index (χ0n) is 26.5. The van der Waals surface area contributed by atoms with Crippen LogP contribution in [0.1, 0.15) is 31.1 Å². The molecular formula is C34H42N6O5Si. The van der Waals surface area contributed by atoms with Gasteiger partial charge in [-0.3, -0.25) is 9.79 Å². The summed E-state index contributed by atoms with van der Waals surface area (Å²) in [6.45, 7) is 6.92. The Morgan fingerprint density at radius 1 is 0.978 bits per heavy atom. The van der Waals surface area contributed by atoms with Gasteiger partial charge < -0.3 is 40.5 Å². The van der Waals surface area contributed by atoms with Crippen LogP contribution in [0.25, 0.3) is 0 Å². The minimum Gasteiger partial charge on any atom is -0.405 e. The molecule has 4 unspecified atom stereocenters. The van der Waals surface area contributed by atoms with Gasteiger partial charge in [-0.2, -0.15) is 0 Å². The fourth-order valence-electron chi connectivity index (χ4n) is 6.86. The molecule has 0 aliphatic carbocycles. The second kappa shape index (κ2) is 13.0. The lowest BCUT2D eigenvalue weighted by molar-refractivity contribution is -0.0906. The maximum absolute atomic E-state index is 12.9. The zero-order valence-corrected chi connectivity index (χ0v) is 27.5. The van der Waals surface area contributed by atoms with E-state index >= 15 is 0 Å². The van der Waals surface area contributed by atoms with Crippen molar-refractivity contribution >= 4 is 37.0 Å². The van der Waals surface area contributed by atoms with Crippen molar-refractivity contribution in [3.8, 4) is 0 Å². The summed E-state index contributed by atoms with van der Waals surface area (Å²) >= 11 is 0. The van der Waals surface area contributed by atoms with Gasteiger partial charge in [-0.25, -0.2) is 4.79 Å². The lowest BCUT2D eigenvalue weighted by atomic mass is 10.1. The van der Waals surface area contributed by atoms with E-state index in [2.05, 4.69) is 90.2 Å². The number of rotatable bonds is 9. The Balaban J connectivity index is 1.22. The summed E-state index contributed by atoms with van der Waals surface area (Å²) in [5.41, 5.74) is 7.30. The predicted molar refractivity (Wildman–Crippen MR) is 178 cm³/mol. The molecule has 3 aliphatic heterocycles. The van der Waals surface area contributed by atoms with Crippen LogP contribution in [0.2, 0.25) is 5.04 Å². The summed E-state index contributed by atoms with van der Waals surface area (Å²) in [6.07, 6.45) is -1.40. The van der Waals surface area contributed by atoms with E-state index in [0.717, 1.165) is 10.4 Å². The normalized spacial score (nSPS) is 27.5. The Morgan fingerprint density at radius 2 is 1.57 bits per heavy atom. The van der Waals surface area contributed by atoms with Gasteiger partial charge in [-0.05, 0) is 27.5 Å². The molecule has 3 aromatic carbocycles. The van der Waals surface area contributed by atoms with E-state index in [4.69, 9.17) is 19.6 Å². The number of carbonyl (C=O) groups is 2. The highest BCUT2D eigenvalue weighted by atomic mass is 28.4. The molecule has 0 spiro atoms. The third-order valence-electron chi connectivity index (χ3n) is 9.10. The highest BCUT2D eigenvalue weighted by Gasteiger charge is 2.55. The smallest absolute Gasteiger partial charge is 0.318 e. The fourth-order valence-corrected chi connectivity index (χ4v) is 11.4. The average molecular weight is 643 g/mol. The summed E-state index contributed by atoms with van der Waals surface area (Å²) in [7, 11) is -1.25. The number of nitrogens with zero attached hydrogens (tertiary/aromatic N) is 2. The fraction of sp³-hybridized carbons (Fsp3) is 0.382. The van der Waals surface area contributed by atoms with E-state index in [1.807, 2.05) is 23.1 Å². The first kappa shape index (κ1) is 31.9. The number of hydrogen-bond acceptors (Lipinski definition) is 8. The van der Waals surface area contributed by atoms with Gasteiger partial charge in [0, 0.05) is 12.7 Å². The Kier molecular flexibility index (Phi) is 8.99. The minimum absolute atomic E-state index is 0.216. The number of amides is 3. The first-order valence-corrected chi connectivity index (χ1v) is 17.5. The molecule has 242 valence electrons. The van der Waals surface area contributed by atoms with Crippen LogP contribution in [0, 0.1) is 0 Å².